The molecule has 5 N–H and O–H groups in total. The van der Waals surface area contributed by atoms with Gasteiger partial charge in [-0.1, -0.05) is 6.07 Å². The Bertz CT molecular complexity index is 1470. The van der Waals surface area contributed by atoms with Gasteiger partial charge in [-0.25, -0.2) is 18.7 Å². The lowest BCUT2D eigenvalue weighted by molar-refractivity contribution is 0.366. The van der Waals surface area contributed by atoms with Gasteiger partial charge >= 0.3 is 0 Å². The molecule has 0 saturated carbocycles. The summed E-state index contributed by atoms with van der Waals surface area (Å²) in [6.07, 6.45) is 3.18. The molecule has 8 nitrogen and oxygen atoms in total. The number of halogens is 2. The van der Waals surface area contributed by atoms with Crippen LogP contribution in [0.2, 0.25) is 0 Å². The number of aryl methyl sites for hydroxylation is 1. The number of benzene rings is 2. The maximum absolute atomic E-state index is 14.9. The van der Waals surface area contributed by atoms with E-state index >= 15 is 0 Å². The summed E-state index contributed by atoms with van der Waals surface area (Å²) in [6, 6.07) is 9.52. The summed E-state index contributed by atoms with van der Waals surface area (Å²) in [6.45, 7) is 2.95. The first kappa shape index (κ1) is 23.5. The number of nitrogens with zero attached hydrogens (tertiary/aromatic N) is 4. The average molecular weight is 490 g/mol. The summed E-state index contributed by atoms with van der Waals surface area (Å²) >= 11 is 0. The Kier molecular flexibility index (Phi) is 6.16. The maximum atomic E-state index is 14.9. The van der Waals surface area contributed by atoms with Gasteiger partial charge in [-0.3, -0.25) is 0 Å². The van der Waals surface area contributed by atoms with Crippen LogP contribution in [0.5, 0.6) is 5.75 Å². The Morgan fingerprint density at radius 2 is 1.97 bits per heavy atom. The number of imidazole rings is 1. The Balaban J connectivity index is 1.72. The summed E-state index contributed by atoms with van der Waals surface area (Å²) in [5.41, 5.74) is 16.4. The lowest BCUT2D eigenvalue weighted by Crippen LogP contribution is -2.40. The molecule has 1 aliphatic rings. The van der Waals surface area contributed by atoms with E-state index in [1.54, 1.807) is 12.3 Å². The van der Waals surface area contributed by atoms with Crippen LogP contribution in [-0.2, 0) is 0 Å². The van der Waals surface area contributed by atoms with Crippen molar-refractivity contribution in [3.8, 4) is 34.3 Å². The van der Waals surface area contributed by atoms with Crippen molar-refractivity contribution >= 4 is 22.5 Å². The number of rotatable bonds is 5. The van der Waals surface area contributed by atoms with Gasteiger partial charge in [0.1, 0.15) is 34.8 Å². The Labute approximate surface area is 206 Å². The molecular weight excluding hydrogens is 464 g/mol. The highest BCUT2D eigenvalue weighted by molar-refractivity contribution is 5.95. The van der Waals surface area contributed by atoms with Crippen molar-refractivity contribution in [2.45, 2.75) is 25.8 Å². The Hall–Kier alpha value is -4.23. The van der Waals surface area contributed by atoms with Crippen molar-refractivity contribution in [3.05, 3.63) is 53.7 Å². The Morgan fingerprint density at radius 1 is 1.19 bits per heavy atom. The minimum Gasteiger partial charge on any atom is -0.479 e. The van der Waals surface area contributed by atoms with Crippen molar-refractivity contribution < 1.29 is 13.5 Å². The van der Waals surface area contributed by atoms with Crippen molar-refractivity contribution in [1.29, 1.82) is 5.26 Å². The zero-order chi connectivity index (χ0) is 25.4. The third-order valence-corrected chi connectivity index (χ3v) is 6.34. The second kappa shape index (κ2) is 9.43. The second-order valence-electron chi connectivity index (χ2n) is 8.96. The molecule has 1 aliphatic heterocycles. The summed E-state index contributed by atoms with van der Waals surface area (Å²) in [5, 5.41) is 8.77. The van der Waals surface area contributed by atoms with E-state index in [0.29, 0.717) is 41.1 Å². The summed E-state index contributed by atoms with van der Waals surface area (Å²) in [4.78, 5) is 14.2. The summed E-state index contributed by atoms with van der Waals surface area (Å²) in [7, 11) is 0. The van der Waals surface area contributed by atoms with E-state index < -0.39 is 5.82 Å². The molecule has 3 heterocycles. The number of hydrogen-bond acceptors (Lipinski definition) is 7. The molecule has 36 heavy (non-hydrogen) atoms. The lowest BCUT2D eigenvalue weighted by atomic mass is 9.97. The first-order valence-electron chi connectivity index (χ1n) is 11.6. The van der Waals surface area contributed by atoms with Gasteiger partial charge in [-0.2, -0.15) is 5.26 Å². The van der Waals surface area contributed by atoms with Crippen LogP contribution in [0.15, 0.2) is 36.5 Å². The minimum absolute atomic E-state index is 0.0934. The van der Waals surface area contributed by atoms with Gasteiger partial charge in [0.05, 0.1) is 16.8 Å². The number of hydrogen-bond donors (Lipinski definition) is 3. The van der Waals surface area contributed by atoms with Crippen molar-refractivity contribution in [2.24, 2.45) is 5.73 Å². The van der Waals surface area contributed by atoms with Crippen LogP contribution in [-0.4, -0.2) is 40.7 Å². The van der Waals surface area contributed by atoms with Crippen molar-refractivity contribution in [3.63, 3.8) is 0 Å². The third-order valence-electron chi connectivity index (χ3n) is 6.34. The molecule has 10 heteroatoms. The van der Waals surface area contributed by atoms with E-state index in [1.807, 2.05) is 19.1 Å². The molecule has 0 bridgehead atoms. The SMILES string of the molecule is Cc1cc(F)cc(-c2cnc(N)c(-c3nc4c(F)cc(OCC#N)cc4[nH]3)c2N2CCC(N)CC2)c1. The number of aromatic nitrogens is 3. The first-order valence-corrected chi connectivity index (χ1v) is 11.6. The molecule has 4 aromatic rings. The zero-order valence-electron chi connectivity index (χ0n) is 19.7. The standard InChI is InChI=1S/C26H25F2N7O/c1-14-8-15(10-16(27)9-14)19-13-32-25(31)22(24(19)35-5-2-17(30)3-6-35)26-33-21-12-18(36-7-4-29)11-20(28)23(21)34-26/h8-13,17H,2-3,5-7,30H2,1H3,(H2,31,32)(H,33,34). The van der Waals surface area contributed by atoms with E-state index in [4.69, 9.17) is 21.5 Å². The van der Waals surface area contributed by atoms with Crippen LogP contribution in [0.3, 0.4) is 0 Å². The number of H-pyrrole nitrogens is 1. The molecule has 0 atom stereocenters. The molecule has 0 unspecified atom stereocenters. The van der Waals surface area contributed by atoms with Crippen LogP contribution in [0.25, 0.3) is 33.5 Å². The molecule has 2 aromatic carbocycles. The molecule has 184 valence electrons. The van der Waals surface area contributed by atoms with Gasteiger partial charge in [-0.05, 0) is 43.0 Å². The topological polar surface area (TPSA) is 130 Å². The summed E-state index contributed by atoms with van der Waals surface area (Å²) in [5.74, 6) is -0.219. The monoisotopic (exact) mass is 489 g/mol. The molecule has 0 spiro atoms. The quantitative estimate of drug-likeness (QED) is 0.381. The number of aromatic amines is 1. The van der Waals surface area contributed by atoms with Crippen molar-refractivity contribution in [1.82, 2.24) is 15.0 Å². The van der Waals surface area contributed by atoms with E-state index in [-0.39, 0.29) is 35.6 Å². The van der Waals surface area contributed by atoms with Crippen LogP contribution in [0, 0.1) is 29.9 Å². The molecule has 0 radical (unpaired) electrons. The number of fused-ring (bicyclic) bond motifs is 1. The Morgan fingerprint density at radius 3 is 2.69 bits per heavy atom. The van der Waals surface area contributed by atoms with E-state index in [9.17, 15) is 8.78 Å². The number of ether oxygens (including phenoxy) is 1. The van der Waals surface area contributed by atoms with E-state index in [0.717, 1.165) is 24.1 Å². The van der Waals surface area contributed by atoms with Gasteiger partial charge in [0, 0.05) is 43.0 Å². The number of anilines is 2. The second-order valence-corrected chi connectivity index (χ2v) is 8.96. The average Bonchev–Trinajstić information content (AvgIpc) is 3.27. The van der Waals surface area contributed by atoms with Gasteiger partial charge in [0.15, 0.2) is 12.4 Å². The van der Waals surface area contributed by atoms with Crippen LogP contribution in [0.4, 0.5) is 20.3 Å². The van der Waals surface area contributed by atoms with Crippen LogP contribution in [0.1, 0.15) is 18.4 Å². The predicted octanol–water partition coefficient (Wildman–Crippen LogP) is 4.29. The molecule has 1 fully saturated rings. The molecule has 1 saturated heterocycles. The number of nitrogen functional groups attached to an aromatic ring is 1. The largest absolute Gasteiger partial charge is 0.479 e. The van der Waals surface area contributed by atoms with Gasteiger partial charge in [-0.15, -0.1) is 0 Å². The number of nitrogens with one attached hydrogen (secondary N) is 1. The highest BCUT2D eigenvalue weighted by Crippen LogP contribution is 2.43. The number of piperidine rings is 1. The van der Waals surface area contributed by atoms with E-state index in [1.165, 1.54) is 18.2 Å². The van der Waals surface area contributed by atoms with E-state index in [2.05, 4.69) is 19.9 Å². The minimum atomic E-state index is -0.600. The smallest absolute Gasteiger partial charge is 0.174 e. The van der Waals surface area contributed by atoms with Gasteiger partial charge in [0.25, 0.3) is 0 Å². The molecule has 5 rings (SSSR count). The fourth-order valence-corrected chi connectivity index (χ4v) is 4.67. The fourth-order valence-electron chi connectivity index (χ4n) is 4.67. The molecule has 0 aliphatic carbocycles. The zero-order valence-corrected chi connectivity index (χ0v) is 19.7. The fraction of sp³-hybridized carbons (Fsp3) is 0.269. The molecule has 0 amide bonds. The highest BCUT2D eigenvalue weighted by Gasteiger charge is 2.27. The molecule has 2 aromatic heterocycles. The normalized spacial score (nSPS) is 14.2. The number of nitrogens with two attached hydrogens (primary N) is 2. The first-order chi connectivity index (χ1) is 17.3. The van der Waals surface area contributed by atoms with Gasteiger partial charge < -0.3 is 26.1 Å². The maximum Gasteiger partial charge on any atom is 0.174 e. The van der Waals surface area contributed by atoms with Gasteiger partial charge in [0.2, 0.25) is 0 Å². The summed E-state index contributed by atoms with van der Waals surface area (Å²) < 4.78 is 34.5. The molecular formula is C26H25F2N7O. The number of nitriles is 1. The predicted molar refractivity (Wildman–Crippen MR) is 134 cm³/mol. The van der Waals surface area contributed by atoms with Crippen molar-refractivity contribution in [2.75, 3.05) is 30.3 Å². The highest BCUT2D eigenvalue weighted by atomic mass is 19.1. The third kappa shape index (κ3) is 4.41. The number of pyridine rings is 1. The lowest BCUT2D eigenvalue weighted by Gasteiger charge is -2.34. The van der Waals surface area contributed by atoms with Crippen LogP contribution < -0.4 is 21.1 Å². The van der Waals surface area contributed by atoms with Crippen LogP contribution >= 0.6 is 0 Å².